The van der Waals surface area contributed by atoms with Gasteiger partial charge in [-0.15, -0.1) is 0 Å². The molecule has 20 heavy (non-hydrogen) atoms. The van der Waals surface area contributed by atoms with Crippen LogP contribution in [0.4, 0.5) is 5.82 Å². The largest absolute Gasteiger partial charge is 0.373 e. The molecule has 5 heteroatoms. The first-order valence-corrected chi connectivity index (χ1v) is 6.44. The van der Waals surface area contributed by atoms with Crippen LogP contribution in [0.15, 0.2) is 30.5 Å². The number of aromatic nitrogens is 2. The Bertz CT molecular complexity index is 608. The zero-order valence-electron chi connectivity index (χ0n) is 11.9. The Morgan fingerprint density at radius 3 is 2.65 bits per heavy atom. The number of carbonyl (C=O) groups is 1. The number of carbonyl (C=O) groups excluding carboxylic acids is 1. The summed E-state index contributed by atoms with van der Waals surface area (Å²) in [6.45, 7) is 4.26. The van der Waals surface area contributed by atoms with Gasteiger partial charge in [-0.1, -0.05) is 6.07 Å². The lowest BCUT2D eigenvalue weighted by Gasteiger charge is -2.08. The minimum Gasteiger partial charge on any atom is -0.373 e. The van der Waals surface area contributed by atoms with E-state index in [0.29, 0.717) is 17.9 Å². The Labute approximate surface area is 118 Å². The van der Waals surface area contributed by atoms with E-state index in [1.807, 2.05) is 26.0 Å². The maximum atomic E-state index is 12.1. The SMILES string of the molecule is CNc1cc(C(=O)NCc2ccc(C)nc2)cc(C)n1. The third kappa shape index (κ3) is 3.54. The molecule has 2 rings (SSSR count). The van der Waals surface area contributed by atoms with Crippen LogP contribution in [-0.4, -0.2) is 22.9 Å². The van der Waals surface area contributed by atoms with Gasteiger partial charge in [-0.2, -0.15) is 0 Å². The molecule has 0 saturated heterocycles. The van der Waals surface area contributed by atoms with E-state index in [4.69, 9.17) is 0 Å². The highest BCUT2D eigenvalue weighted by atomic mass is 16.1. The molecule has 0 bridgehead atoms. The van der Waals surface area contributed by atoms with Crippen LogP contribution < -0.4 is 10.6 Å². The average Bonchev–Trinajstić information content (AvgIpc) is 2.45. The predicted octanol–water partition coefficient (Wildman–Crippen LogP) is 2.07. The Kier molecular flexibility index (Phi) is 4.30. The van der Waals surface area contributed by atoms with Crippen molar-refractivity contribution in [2.45, 2.75) is 20.4 Å². The minimum atomic E-state index is -0.118. The zero-order chi connectivity index (χ0) is 14.5. The highest BCUT2D eigenvalue weighted by molar-refractivity contribution is 5.94. The number of pyridine rings is 2. The second-order valence-electron chi connectivity index (χ2n) is 4.62. The maximum absolute atomic E-state index is 12.1. The van der Waals surface area contributed by atoms with Gasteiger partial charge in [0.2, 0.25) is 0 Å². The third-order valence-corrected chi connectivity index (χ3v) is 2.90. The van der Waals surface area contributed by atoms with Gasteiger partial charge in [-0.3, -0.25) is 9.78 Å². The number of aryl methyl sites for hydroxylation is 2. The standard InChI is InChI=1S/C15H18N4O/c1-10-4-5-12(8-17-10)9-18-15(20)13-6-11(2)19-14(7-13)16-3/h4-8H,9H2,1-3H3,(H,16,19)(H,18,20). The molecule has 5 nitrogen and oxygen atoms in total. The molecule has 0 aromatic carbocycles. The van der Waals surface area contributed by atoms with Crippen LogP contribution in [0.1, 0.15) is 27.3 Å². The quantitative estimate of drug-likeness (QED) is 0.892. The summed E-state index contributed by atoms with van der Waals surface area (Å²) >= 11 is 0. The molecule has 0 atom stereocenters. The second kappa shape index (κ2) is 6.14. The van der Waals surface area contributed by atoms with Crippen LogP contribution in [0.2, 0.25) is 0 Å². The van der Waals surface area contributed by atoms with Crippen molar-refractivity contribution in [3.63, 3.8) is 0 Å². The molecule has 0 radical (unpaired) electrons. The van der Waals surface area contributed by atoms with Gasteiger partial charge in [0.05, 0.1) is 0 Å². The molecule has 1 amide bonds. The van der Waals surface area contributed by atoms with E-state index in [1.54, 1.807) is 25.4 Å². The Morgan fingerprint density at radius 1 is 1.20 bits per heavy atom. The third-order valence-electron chi connectivity index (χ3n) is 2.90. The summed E-state index contributed by atoms with van der Waals surface area (Å²) in [6, 6.07) is 7.38. The lowest BCUT2D eigenvalue weighted by molar-refractivity contribution is 0.0950. The van der Waals surface area contributed by atoms with Gasteiger partial charge in [0.25, 0.3) is 5.91 Å². The van der Waals surface area contributed by atoms with E-state index < -0.39 is 0 Å². The first kappa shape index (κ1) is 14.0. The van der Waals surface area contributed by atoms with E-state index >= 15 is 0 Å². The molecule has 2 aromatic heterocycles. The zero-order valence-corrected chi connectivity index (χ0v) is 11.9. The van der Waals surface area contributed by atoms with Crippen molar-refractivity contribution >= 4 is 11.7 Å². The Balaban J connectivity index is 2.04. The number of amides is 1. The van der Waals surface area contributed by atoms with E-state index in [0.717, 1.165) is 17.0 Å². The molecule has 0 spiro atoms. The highest BCUT2D eigenvalue weighted by Gasteiger charge is 2.08. The first-order chi connectivity index (χ1) is 9.58. The number of hydrogen-bond donors (Lipinski definition) is 2. The number of nitrogens with zero attached hydrogens (tertiary/aromatic N) is 2. The van der Waals surface area contributed by atoms with E-state index in [2.05, 4.69) is 20.6 Å². The van der Waals surface area contributed by atoms with Gasteiger partial charge in [0.15, 0.2) is 0 Å². The lowest BCUT2D eigenvalue weighted by Crippen LogP contribution is -2.23. The van der Waals surface area contributed by atoms with Crippen molar-refractivity contribution in [3.05, 3.63) is 53.0 Å². The molecule has 0 aliphatic carbocycles. The van der Waals surface area contributed by atoms with Gasteiger partial charge >= 0.3 is 0 Å². The van der Waals surface area contributed by atoms with Crippen molar-refractivity contribution in [3.8, 4) is 0 Å². The minimum absolute atomic E-state index is 0.118. The van der Waals surface area contributed by atoms with Gasteiger partial charge in [-0.05, 0) is 37.6 Å². The van der Waals surface area contributed by atoms with E-state index in [-0.39, 0.29) is 5.91 Å². The van der Waals surface area contributed by atoms with Crippen LogP contribution in [0, 0.1) is 13.8 Å². The van der Waals surface area contributed by atoms with Crippen molar-refractivity contribution in [1.82, 2.24) is 15.3 Å². The monoisotopic (exact) mass is 270 g/mol. The predicted molar refractivity (Wildman–Crippen MR) is 78.7 cm³/mol. The number of hydrogen-bond acceptors (Lipinski definition) is 4. The summed E-state index contributed by atoms with van der Waals surface area (Å²) in [5, 5.41) is 5.82. The molecule has 2 aromatic rings. The van der Waals surface area contributed by atoms with Crippen LogP contribution in [0.25, 0.3) is 0 Å². The summed E-state index contributed by atoms with van der Waals surface area (Å²) < 4.78 is 0. The molecule has 2 heterocycles. The molecule has 0 aliphatic rings. The molecule has 0 aliphatic heterocycles. The molecule has 0 saturated carbocycles. The smallest absolute Gasteiger partial charge is 0.251 e. The number of anilines is 1. The van der Waals surface area contributed by atoms with Gasteiger partial charge in [-0.25, -0.2) is 4.98 Å². The lowest BCUT2D eigenvalue weighted by atomic mass is 10.2. The summed E-state index contributed by atoms with van der Waals surface area (Å²) in [5.41, 5.74) is 3.34. The van der Waals surface area contributed by atoms with E-state index in [1.165, 1.54) is 0 Å². The molecule has 0 unspecified atom stereocenters. The second-order valence-corrected chi connectivity index (χ2v) is 4.62. The first-order valence-electron chi connectivity index (χ1n) is 6.44. The summed E-state index contributed by atoms with van der Waals surface area (Å²) in [5.74, 6) is 0.569. The Hall–Kier alpha value is -2.43. The van der Waals surface area contributed by atoms with Crippen molar-refractivity contribution in [1.29, 1.82) is 0 Å². The molecule has 104 valence electrons. The number of rotatable bonds is 4. The average molecular weight is 270 g/mol. The van der Waals surface area contributed by atoms with Crippen LogP contribution >= 0.6 is 0 Å². The molecule has 2 N–H and O–H groups in total. The van der Waals surface area contributed by atoms with Gasteiger partial charge < -0.3 is 10.6 Å². The highest BCUT2D eigenvalue weighted by Crippen LogP contribution is 2.10. The summed E-state index contributed by atoms with van der Waals surface area (Å²) in [7, 11) is 1.78. The van der Waals surface area contributed by atoms with Crippen LogP contribution in [0.5, 0.6) is 0 Å². The maximum Gasteiger partial charge on any atom is 0.251 e. The van der Waals surface area contributed by atoms with Crippen molar-refractivity contribution in [2.75, 3.05) is 12.4 Å². The fraction of sp³-hybridized carbons (Fsp3) is 0.267. The van der Waals surface area contributed by atoms with Crippen molar-refractivity contribution in [2.24, 2.45) is 0 Å². The summed E-state index contributed by atoms with van der Waals surface area (Å²) in [6.07, 6.45) is 1.77. The van der Waals surface area contributed by atoms with E-state index in [9.17, 15) is 4.79 Å². The molecule has 0 fully saturated rings. The summed E-state index contributed by atoms with van der Waals surface area (Å²) in [4.78, 5) is 20.6. The fourth-order valence-corrected chi connectivity index (χ4v) is 1.82. The van der Waals surface area contributed by atoms with Crippen LogP contribution in [-0.2, 0) is 6.54 Å². The normalized spacial score (nSPS) is 10.2. The van der Waals surface area contributed by atoms with Crippen LogP contribution in [0.3, 0.4) is 0 Å². The van der Waals surface area contributed by atoms with Gasteiger partial charge in [0.1, 0.15) is 5.82 Å². The van der Waals surface area contributed by atoms with Gasteiger partial charge in [0, 0.05) is 36.7 Å². The topological polar surface area (TPSA) is 66.9 Å². The van der Waals surface area contributed by atoms with Crippen molar-refractivity contribution < 1.29 is 4.79 Å². The molecular weight excluding hydrogens is 252 g/mol. The molecular formula is C15H18N4O. The fourth-order valence-electron chi connectivity index (χ4n) is 1.82. The Morgan fingerprint density at radius 2 is 2.00 bits per heavy atom. The number of nitrogens with one attached hydrogen (secondary N) is 2.